The molecule has 0 aliphatic carbocycles. The zero-order chi connectivity index (χ0) is 10.8. The van der Waals surface area contributed by atoms with Gasteiger partial charge in [0.25, 0.3) is 5.56 Å². The van der Waals surface area contributed by atoms with Gasteiger partial charge in [-0.15, -0.1) is 0 Å². The predicted octanol–water partition coefficient (Wildman–Crippen LogP) is 1.48. The van der Waals surface area contributed by atoms with Gasteiger partial charge in [-0.05, 0) is 36.8 Å². The third-order valence-electron chi connectivity index (χ3n) is 1.97. The fourth-order valence-corrected chi connectivity index (χ4v) is 1.26. The topological polar surface area (TPSA) is 34.9 Å². The highest BCUT2D eigenvalue weighted by atomic mass is 19.1. The first-order valence-corrected chi connectivity index (χ1v) is 4.41. The molecule has 0 aliphatic heterocycles. The molecule has 0 N–H and O–H groups in total. The van der Waals surface area contributed by atoms with E-state index in [2.05, 4.69) is 11.2 Å². The Labute approximate surface area is 85.8 Å². The van der Waals surface area contributed by atoms with Crippen LogP contribution in [0.2, 0.25) is 0 Å². The second-order valence-corrected chi connectivity index (χ2v) is 3.12. The zero-order valence-electron chi connectivity index (χ0n) is 8.07. The summed E-state index contributed by atoms with van der Waals surface area (Å²) in [5.41, 5.74) is 0.431. The minimum Gasteiger partial charge on any atom is -0.267 e. The average Bonchev–Trinajstić information content (AvgIpc) is 2.20. The van der Waals surface area contributed by atoms with E-state index in [0.717, 1.165) is 4.68 Å². The first-order valence-electron chi connectivity index (χ1n) is 4.41. The molecule has 0 aliphatic rings. The molecule has 0 fully saturated rings. The van der Waals surface area contributed by atoms with Crippen molar-refractivity contribution in [2.45, 2.75) is 6.92 Å². The van der Waals surface area contributed by atoms with Crippen LogP contribution in [0.5, 0.6) is 0 Å². The maximum Gasteiger partial charge on any atom is 0.271 e. The molecule has 2 aromatic rings. The summed E-state index contributed by atoms with van der Waals surface area (Å²) in [7, 11) is 0. The number of aromatic nitrogens is 2. The van der Waals surface area contributed by atoms with Gasteiger partial charge in [0, 0.05) is 12.3 Å². The number of nitrogens with zero attached hydrogens (tertiary/aromatic N) is 2. The van der Waals surface area contributed by atoms with Crippen LogP contribution in [0.1, 0.15) is 5.56 Å². The van der Waals surface area contributed by atoms with Crippen LogP contribution >= 0.6 is 0 Å². The highest BCUT2D eigenvalue weighted by Gasteiger charge is 2.06. The molecule has 1 radical (unpaired) electrons. The van der Waals surface area contributed by atoms with Gasteiger partial charge in [-0.25, -0.2) is 4.39 Å². The molecule has 0 spiro atoms. The van der Waals surface area contributed by atoms with Gasteiger partial charge in [-0.1, -0.05) is 0 Å². The van der Waals surface area contributed by atoms with Gasteiger partial charge in [0.1, 0.15) is 11.5 Å². The van der Waals surface area contributed by atoms with Crippen LogP contribution in [-0.4, -0.2) is 9.78 Å². The van der Waals surface area contributed by atoms with E-state index in [1.54, 1.807) is 6.92 Å². The summed E-state index contributed by atoms with van der Waals surface area (Å²) in [6.45, 7) is 1.73. The van der Waals surface area contributed by atoms with Crippen LogP contribution in [0.4, 0.5) is 4.39 Å². The molecule has 0 amide bonds. The Morgan fingerprint density at radius 2 is 2.33 bits per heavy atom. The normalized spacial score (nSPS) is 10.3. The molecule has 0 saturated heterocycles. The van der Waals surface area contributed by atoms with Gasteiger partial charge < -0.3 is 0 Å². The second-order valence-electron chi connectivity index (χ2n) is 3.12. The molecule has 75 valence electrons. The number of halogens is 1. The molecule has 0 unspecified atom stereocenters. The Morgan fingerprint density at radius 3 is 3.00 bits per heavy atom. The molecule has 3 nitrogen and oxygen atoms in total. The van der Waals surface area contributed by atoms with Crippen molar-refractivity contribution in [2.75, 3.05) is 0 Å². The Hall–Kier alpha value is -1.97. The first kappa shape index (κ1) is 9.58. The molecule has 1 heterocycles. The maximum absolute atomic E-state index is 13.5. The van der Waals surface area contributed by atoms with Gasteiger partial charge in [-0.2, -0.15) is 9.78 Å². The number of aryl methyl sites for hydroxylation is 1. The van der Waals surface area contributed by atoms with Crippen molar-refractivity contribution in [3.05, 3.63) is 58.3 Å². The smallest absolute Gasteiger partial charge is 0.267 e. The fourth-order valence-electron chi connectivity index (χ4n) is 1.26. The Bertz CT molecular complexity index is 548. The van der Waals surface area contributed by atoms with Crippen molar-refractivity contribution in [2.24, 2.45) is 0 Å². The van der Waals surface area contributed by atoms with Crippen molar-refractivity contribution in [1.82, 2.24) is 9.78 Å². The van der Waals surface area contributed by atoms with Crippen LogP contribution < -0.4 is 5.56 Å². The minimum atomic E-state index is -0.480. The van der Waals surface area contributed by atoms with Gasteiger partial charge in [0.05, 0.1) is 0 Å². The highest BCUT2D eigenvalue weighted by molar-refractivity contribution is 5.34. The summed E-state index contributed by atoms with van der Waals surface area (Å²) in [6, 6.07) is 8.39. The van der Waals surface area contributed by atoms with Crippen LogP contribution in [-0.2, 0) is 0 Å². The fraction of sp³-hybridized carbons (Fsp3) is 0.0909. The van der Waals surface area contributed by atoms with E-state index in [-0.39, 0.29) is 11.2 Å². The number of benzene rings is 1. The lowest BCUT2D eigenvalue weighted by molar-refractivity contribution is 0.604. The predicted molar refractivity (Wildman–Crippen MR) is 53.4 cm³/mol. The standard InChI is InChI=1S/C11H8FN2O/c1-8-4-5-10(9(12)7-8)14-11(15)3-2-6-13-14/h2-3,5-7H,1H3. The van der Waals surface area contributed by atoms with E-state index in [1.807, 2.05) is 0 Å². The van der Waals surface area contributed by atoms with Crippen LogP contribution in [0.3, 0.4) is 0 Å². The molecule has 1 aromatic carbocycles. The molecule has 2 rings (SSSR count). The molecule has 0 atom stereocenters. The second kappa shape index (κ2) is 3.65. The van der Waals surface area contributed by atoms with E-state index in [1.165, 1.54) is 30.5 Å². The lowest BCUT2D eigenvalue weighted by Gasteiger charge is -2.04. The molecule has 0 saturated carbocycles. The van der Waals surface area contributed by atoms with E-state index < -0.39 is 5.82 Å². The summed E-state index contributed by atoms with van der Waals surface area (Å²) in [6.07, 6.45) is 1.43. The van der Waals surface area contributed by atoms with Gasteiger partial charge >= 0.3 is 0 Å². The van der Waals surface area contributed by atoms with Gasteiger partial charge in [0.2, 0.25) is 0 Å². The van der Waals surface area contributed by atoms with Crippen LogP contribution in [0, 0.1) is 18.8 Å². The van der Waals surface area contributed by atoms with Crippen molar-refractivity contribution in [3.63, 3.8) is 0 Å². The Kier molecular flexibility index (Phi) is 2.33. The largest absolute Gasteiger partial charge is 0.271 e. The van der Waals surface area contributed by atoms with Crippen LogP contribution in [0.25, 0.3) is 5.69 Å². The summed E-state index contributed by atoms with van der Waals surface area (Å²) in [5, 5.41) is 3.78. The van der Waals surface area contributed by atoms with Crippen molar-refractivity contribution >= 4 is 0 Å². The quantitative estimate of drug-likeness (QED) is 0.703. The Balaban J connectivity index is 2.65. The zero-order valence-corrected chi connectivity index (χ0v) is 8.07. The molecule has 4 heteroatoms. The van der Waals surface area contributed by atoms with Crippen LogP contribution in [0.15, 0.2) is 35.3 Å². The highest BCUT2D eigenvalue weighted by Crippen LogP contribution is 2.11. The van der Waals surface area contributed by atoms with E-state index in [9.17, 15) is 9.18 Å². The summed E-state index contributed by atoms with van der Waals surface area (Å²) in [5.74, 6) is -0.480. The number of hydrogen-bond acceptors (Lipinski definition) is 2. The number of rotatable bonds is 1. The van der Waals surface area contributed by atoms with Gasteiger partial charge in [-0.3, -0.25) is 4.79 Å². The molecule has 0 bridgehead atoms. The summed E-state index contributed by atoms with van der Waals surface area (Å²) in [4.78, 5) is 11.4. The first-order chi connectivity index (χ1) is 7.18. The third kappa shape index (κ3) is 1.79. The molecule has 15 heavy (non-hydrogen) atoms. The number of hydrogen-bond donors (Lipinski definition) is 0. The lowest BCUT2D eigenvalue weighted by atomic mass is 10.2. The molecular formula is C11H8FN2O. The van der Waals surface area contributed by atoms with E-state index in [0.29, 0.717) is 5.56 Å². The maximum atomic E-state index is 13.5. The minimum absolute atomic E-state index is 0.117. The van der Waals surface area contributed by atoms with Crippen molar-refractivity contribution in [1.29, 1.82) is 0 Å². The van der Waals surface area contributed by atoms with Gasteiger partial charge in [0.15, 0.2) is 0 Å². The SMILES string of the molecule is Cc1[c]cc(-n2ncccc2=O)c(F)c1. The summed E-state index contributed by atoms with van der Waals surface area (Å²) >= 11 is 0. The van der Waals surface area contributed by atoms with E-state index >= 15 is 0 Å². The monoisotopic (exact) mass is 203 g/mol. The summed E-state index contributed by atoms with van der Waals surface area (Å²) < 4.78 is 14.5. The molecule has 1 aromatic heterocycles. The third-order valence-corrected chi connectivity index (χ3v) is 1.97. The van der Waals surface area contributed by atoms with E-state index in [4.69, 9.17) is 0 Å². The lowest BCUT2D eigenvalue weighted by Crippen LogP contribution is -2.20. The average molecular weight is 203 g/mol. The Morgan fingerprint density at radius 1 is 1.53 bits per heavy atom. The van der Waals surface area contributed by atoms with Crippen molar-refractivity contribution < 1.29 is 4.39 Å². The molecular weight excluding hydrogens is 195 g/mol. The van der Waals surface area contributed by atoms with Crippen molar-refractivity contribution in [3.8, 4) is 5.69 Å².